The lowest BCUT2D eigenvalue weighted by Gasteiger charge is -2.05. The summed E-state index contributed by atoms with van der Waals surface area (Å²) >= 11 is 0. The Morgan fingerprint density at radius 3 is 2.70 bits per heavy atom. The summed E-state index contributed by atoms with van der Waals surface area (Å²) in [5, 5.41) is 0. The summed E-state index contributed by atoms with van der Waals surface area (Å²) in [5.41, 5.74) is 0. The molecule has 0 spiro atoms. The van der Waals surface area contributed by atoms with Gasteiger partial charge < -0.3 is 8.85 Å². The van der Waals surface area contributed by atoms with Crippen molar-refractivity contribution in [3.63, 3.8) is 0 Å². The van der Waals surface area contributed by atoms with Gasteiger partial charge in [-0.15, -0.1) is 0 Å². The zero-order valence-electron chi connectivity index (χ0n) is 6.72. The van der Waals surface area contributed by atoms with Crippen LogP contribution in [0.3, 0.4) is 0 Å². The van der Waals surface area contributed by atoms with Gasteiger partial charge in [0, 0.05) is 6.42 Å². The summed E-state index contributed by atoms with van der Waals surface area (Å²) in [6, 6.07) is 0.899. The van der Waals surface area contributed by atoms with E-state index in [9.17, 15) is 4.79 Å². The van der Waals surface area contributed by atoms with E-state index in [1.807, 2.05) is 0 Å². The van der Waals surface area contributed by atoms with Crippen LogP contribution in [0, 0.1) is 0 Å². The first-order valence-electron chi connectivity index (χ1n) is 3.30. The minimum absolute atomic E-state index is 0.127. The van der Waals surface area contributed by atoms with Gasteiger partial charge in [0.1, 0.15) is 10.5 Å². The Bertz CT molecular complexity index is 107. The number of methoxy groups -OCH3 is 1. The Morgan fingerprint density at radius 2 is 2.30 bits per heavy atom. The van der Waals surface area contributed by atoms with Crippen molar-refractivity contribution in [2.75, 3.05) is 7.11 Å². The molecule has 0 aliphatic carbocycles. The second-order valence-corrected chi connectivity index (χ2v) is 6.25. The average molecular weight is 178 g/mol. The molecule has 0 bridgehead atoms. The number of ether oxygens (including phenoxy) is 1. The first-order chi connectivity index (χ1) is 4.70. The van der Waals surface area contributed by atoms with Gasteiger partial charge in [0.2, 0.25) is 0 Å². The molecule has 0 heterocycles. The maximum Gasteiger partial charge on any atom is 0.305 e. The molecule has 0 N–H and O–H groups in total. The molecule has 0 fully saturated rings. The summed E-state index contributed by atoms with van der Waals surface area (Å²) in [4.78, 5) is 10.6. The fourth-order valence-electron chi connectivity index (χ4n) is 0.541. The van der Waals surface area contributed by atoms with Crippen LogP contribution in [-0.4, -0.2) is 32.6 Å². The van der Waals surface area contributed by atoms with Crippen molar-refractivity contribution in [1.29, 1.82) is 0 Å². The van der Waals surface area contributed by atoms with Crippen molar-refractivity contribution in [3.8, 4) is 0 Å². The number of hydrogen-bond donors (Lipinski definition) is 0. The molecule has 0 radical (unpaired) electrons. The van der Waals surface area contributed by atoms with E-state index in [2.05, 4.69) is 11.3 Å². The first-order valence-corrected chi connectivity index (χ1v) is 6.56. The first kappa shape index (κ1) is 9.86. The number of carbonyl (C=O) groups is 1. The molecule has 0 aliphatic heterocycles. The van der Waals surface area contributed by atoms with E-state index in [0.717, 1.165) is 16.5 Å². The largest absolute Gasteiger partial charge is 0.469 e. The zero-order valence-corrected chi connectivity index (χ0v) is 9.87. The number of rotatable bonds is 4. The summed E-state index contributed by atoms with van der Waals surface area (Å²) < 4.78 is 9.70. The minimum atomic E-state index is -0.990. The lowest BCUT2D eigenvalue weighted by molar-refractivity contribution is -0.140. The normalized spacial score (nSPS) is 13.0. The van der Waals surface area contributed by atoms with E-state index in [1.165, 1.54) is 7.11 Å². The molecule has 0 amide bonds. The quantitative estimate of drug-likeness (QED) is 0.418. The third-order valence-electron chi connectivity index (χ3n) is 1.39. The van der Waals surface area contributed by atoms with E-state index in [-0.39, 0.29) is 5.97 Å². The van der Waals surface area contributed by atoms with Crippen LogP contribution in [0.25, 0.3) is 0 Å². The molecule has 5 heteroatoms. The van der Waals surface area contributed by atoms with Crippen molar-refractivity contribution in [2.24, 2.45) is 0 Å². The molecule has 0 saturated carbocycles. The van der Waals surface area contributed by atoms with Crippen LogP contribution < -0.4 is 0 Å². The second-order valence-electron chi connectivity index (χ2n) is 2.16. The zero-order chi connectivity index (χ0) is 7.98. The van der Waals surface area contributed by atoms with Crippen molar-refractivity contribution in [3.05, 3.63) is 0 Å². The van der Waals surface area contributed by atoms with Gasteiger partial charge in [0.05, 0.1) is 7.11 Å². The van der Waals surface area contributed by atoms with Crippen molar-refractivity contribution >= 4 is 25.5 Å². The molecule has 60 valence electrons. The predicted molar refractivity (Wildman–Crippen MR) is 45.5 cm³/mol. The summed E-state index contributed by atoms with van der Waals surface area (Å²) in [5.74, 6) is -0.127. The molecule has 0 saturated heterocycles. The fraction of sp³-hybridized carbons (Fsp3) is 0.800. The number of hydrogen-bond acceptors (Lipinski definition) is 3. The fourth-order valence-corrected chi connectivity index (χ4v) is 2.13. The molecular weight excluding hydrogens is 164 g/mol. The van der Waals surface area contributed by atoms with E-state index < -0.39 is 9.04 Å². The Hall–Kier alpha value is -0.136. The average Bonchev–Trinajstić information content (AvgIpc) is 1.99. The van der Waals surface area contributed by atoms with Gasteiger partial charge in [0.25, 0.3) is 0 Å². The van der Waals surface area contributed by atoms with Gasteiger partial charge in [-0.1, -0.05) is 0 Å². The third-order valence-corrected chi connectivity index (χ3v) is 5.71. The van der Waals surface area contributed by atoms with Crippen molar-refractivity contribution < 1.29 is 13.6 Å². The van der Waals surface area contributed by atoms with Gasteiger partial charge in [0.15, 0.2) is 9.04 Å². The van der Waals surface area contributed by atoms with Gasteiger partial charge >= 0.3 is 5.97 Å². The molecule has 1 unspecified atom stereocenters. The van der Waals surface area contributed by atoms with Crippen molar-refractivity contribution in [1.82, 2.24) is 0 Å². The molecule has 0 aromatic carbocycles. The minimum Gasteiger partial charge on any atom is -0.469 e. The van der Waals surface area contributed by atoms with Gasteiger partial charge in [-0.2, -0.15) is 0 Å². The molecule has 0 rings (SSSR count). The van der Waals surface area contributed by atoms with Gasteiger partial charge in [-0.3, -0.25) is 4.79 Å². The van der Waals surface area contributed by atoms with Crippen LogP contribution in [0.5, 0.6) is 0 Å². The number of carbonyl (C=O) groups excluding carboxylic acids is 1. The summed E-state index contributed by atoms with van der Waals surface area (Å²) in [6.45, 7) is 2.09. The third kappa shape index (κ3) is 4.72. The topological polar surface area (TPSA) is 35.5 Å². The van der Waals surface area contributed by atoms with Crippen LogP contribution in [0.15, 0.2) is 0 Å². The summed E-state index contributed by atoms with van der Waals surface area (Å²) in [7, 11) is 1.22. The second kappa shape index (κ2) is 5.63. The van der Waals surface area contributed by atoms with Gasteiger partial charge in [-0.25, -0.2) is 0 Å². The molecule has 0 aliphatic rings. The lowest BCUT2D eigenvalue weighted by Crippen LogP contribution is -2.13. The molecule has 1 atom stereocenters. The SMILES string of the molecule is COC(=O)CC[SiH](C)O[SiH3]. The Kier molecular flexibility index (Phi) is 5.56. The van der Waals surface area contributed by atoms with E-state index in [1.54, 1.807) is 0 Å². The van der Waals surface area contributed by atoms with Crippen LogP contribution >= 0.6 is 0 Å². The standard InChI is InChI=1S/C5H14O3Si2/c1-7-5(6)3-4-10(2)8-9/h10H,3-4H2,1-2,9H3. The highest BCUT2D eigenvalue weighted by molar-refractivity contribution is 6.54. The molecule has 0 aromatic heterocycles. The highest BCUT2D eigenvalue weighted by Crippen LogP contribution is 1.98. The van der Waals surface area contributed by atoms with E-state index in [4.69, 9.17) is 4.12 Å². The van der Waals surface area contributed by atoms with Crippen molar-refractivity contribution in [2.45, 2.75) is 19.0 Å². The van der Waals surface area contributed by atoms with E-state index in [0.29, 0.717) is 6.42 Å². The maximum absolute atomic E-state index is 10.6. The Morgan fingerprint density at radius 1 is 1.70 bits per heavy atom. The van der Waals surface area contributed by atoms with Crippen LogP contribution in [0.2, 0.25) is 12.6 Å². The smallest absolute Gasteiger partial charge is 0.305 e. The molecular formula is C5H14O3Si2. The summed E-state index contributed by atoms with van der Waals surface area (Å²) in [6.07, 6.45) is 0.520. The monoisotopic (exact) mass is 178 g/mol. The Labute approximate surface area is 66.0 Å². The lowest BCUT2D eigenvalue weighted by atomic mass is 10.5. The highest BCUT2D eigenvalue weighted by Gasteiger charge is 2.05. The predicted octanol–water partition coefficient (Wildman–Crippen LogP) is -0.800. The number of esters is 1. The molecule has 0 aromatic rings. The maximum atomic E-state index is 10.6. The Balaban J connectivity index is 3.26. The van der Waals surface area contributed by atoms with Crippen LogP contribution in [0.1, 0.15) is 6.42 Å². The van der Waals surface area contributed by atoms with E-state index >= 15 is 0 Å². The molecule has 3 nitrogen and oxygen atoms in total. The van der Waals surface area contributed by atoms with Crippen LogP contribution in [-0.2, 0) is 13.6 Å². The van der Waals surface area contributed by atoms with Crippen LogP contribution in [0.4, 0.5) is 0 Å². The molecule has 10 heavy (non-hydrogen) atoms. The van der Waals surface area contributed by atoms with Gasteiger partial charge in [-0.05, 0) is 12.6 Å². The highest BCUT2D eigenvalue weighted by atomic mass is 28.3.